The molecule has 0 amide bonds. The van der Waals surface area contributed by atoms with Crippen molar-refractivity contribution >= 4 is 22.5 Å². The van der Waals surface area contributed by atoms with Gasteiger partial charge in [-0.15, -0.1) is 11.8 Å². The van der Waals surface area contributed by atoms with Crippen molar-refractivity contribution in [2.24, 2.45) is 16.8 Å². The molecule has 0 saturated heterocycles. The number of hydrogen-bond donors (Lipinski definition) is 0. The molecule has 3 nitrogen and oxygen atoms in total. The molecule has 1 unspecified atom stereocenters. The molecule has 1 aliphatic heterocycles. The largest absolute Gasteiger partial charge is 0.493 e. The quantitative estimate of drug-likeness (QED) is 0.458. The van der Waals surface area contributed by atoms with E-state index < -0.39 is 0 Å². The summed E-state index contributed by atoms with van der Waals surface area (Å²) in [6.45, 7) is 9.40. The predicted octanol–water partition coefficient (Wildman–Crippen LogP) is 6.74. The van der Waals surface area contributed by atoms with E-state index in [9.17, 15) is 4.39 Å². The second-order valence-electron chi connectivity index (χ2n) is 8.35. The number of ether oxygens (including phenoxy) is 1. The smallest absolute Gasteiger partial charge is 0.123 e. The Balaban J connectivity index is 1.35. The molecule has 0 bridgehead atoms. The predicted molar refractivity (Wildman–Crippen MR) is 129 cm³/mol. The molecule has 2 aromatic carbocycles. The van der Waals surface area contributed by atoms with Gasteiger partial charge >= 0.3 is 0 Å². The number of aliphatic imine (C=N–C) groups is 1. The molecular weight excluding hydrogens is 407 g/mol. The third-order valence-electron chi connectivity index (χ3n) is 5.83. The van der Waals surface area contributed by atoms with Crippen LogP contribution < -0.4 is 9.64 Å². The molecule has 0 radical (unpaired) electrons. The molecule has 162 valence electrons. The molecule has 1 aliphatic carbocycles. The Labute approximate surface area is 188 Å². The fourth-order valence-electron chi connectivity index (χ4n) is 3.72. The zero-order valence-corrected chi connectivity index (χ0v) is 19.0. The molecule has 1 fully saturated rings. The third-order valence-corrected chi connectivity index (χ3v) is 6.85. The van der Waals surface area contributed by atoms with Crippen molar-refractivity contribution in [3.05, 3.63) is 84.1 Å². The number of rotatable bonds is 8. The average Bonchev–Trinajstić information content (AvgIpc) is 3.59. The van der Waals surface area contributed by atoms with Crippen LogP contribution in [-0.4, -0.2) is 17.4 Å². The second-order valence-corrected chi connectivity index (χ2v) is 9.44. The SMILES string of the molecule is C=C1C(SCCc2cccc(F)c2)=NC=CN1c1ccc(OCC(C)C2CC2)c(C)c1. The topological polar surface area (TPSA) is 24.8 Å². The Morgan fingerprint density at radius 2 is 2.10 bits per heavy atom. The summed E-state index contributed by atoms with van der Waals surface area (Å²) in [5.41, 5.74) is 4.00. The lowest BCUT2D eigenvalue weighted by Gasteiger charge is -2.26. The molecule has 5 heteroatoms. The molecule has 2 aromatic rings. The molecule has 0 N–H and O–H groups in total. The van der Waals surface area contributed by atoms with Crippen LogP contribution in [0.5, 0.6) is 5.75 Å². The van der Waals surface area contributed by atoms with Gasteiger partial charge < -0.3 is 9.64 Å². The molecule has 0 aromatic heterocycles. The van der Waals surface area contributed by atoms with Crippen LogP contribution in [0.3, 0.4) is 0 Å². The normalized spacial score (nSPS) is 16.9. The van der Waals surface area contributed by atoms with Crippen LogP contribution >= 0.6 is 11.8 Å². The van der Waals surface area contributed by atoms with Gasteiger partial charge in [-0.05, 0) is 79.5 Å². The minimum Gasteiger partial charge on any atom is -0.493 e. The van der Waals surface area contributed by atoms with Crippen molar-refractivity contribution in [3.63, 3.8) is 0 Å². The maximum absolute atomic E-state index is 13.4. The third kappa shape index (κ3) is 5.59. The van der Waals surface area contributed by atoms with Crippen molar-refractivity contribution in [1.29, 1.82) is 0 Å². The van der Waals surface area contributed by atoms with Crippen LogP contribution in [0.15, 0.2) is 72.1 Å². The molecule has 1 heterocycles. The van der Waals surface area contributed by atoms with E-state index in [0.717, 1.165) is 58.0 Å². The minimum atomic E-state index is -0.194. The Bertz CT molecular complexity index is 1010. The van der Waals surface area contributed by atoms with E-state index in [1.165, 1.54) is 18.9 Å². The highest BCUT2D eigenvalue weighted by Gasteiger charge is 2.28. The fourth-order valence-corrected chi connectivity index (χ4v) is 4.66. The second kappa shape index (κ2) is 9.73. The monoisotopic (exact) mass is 436 g/mol. The van der Waals surface area contributed by atoms with Crippen LogP contribution in [0.2, 0.25) is 0 Å². The molecule has 1 saturated carbocycles. The van der Waals surface area contributed by atoms with Crippen molar-refractivity contribution in [3.8, 4) is 5.75 Å². The van der Waals surface area contributed by atoms with Gasteiger partial charge in [0.25, 0.3) is 0 Å². The van der Waals surface area contributed by atoms with Gasteiger partial charge in [-0.25, -0.2) is 9.38 Å². The molecule has 1 atom stereocenters. The first kappa shape index (κ1) is 21.7. The van der Waals surface area contributed by atoms with Gasteiger partial charge in [-0.3, -0.25) is 0 Å². The summed E-state index contributed by atoms with van der Waals surface area (Å²) in [5, 5.41) is 0.884. The summed E-state index contributed by atoms with van der Waals surface area (Å²) in [5.74, 6) is 3.03. The first-order chi connectivity index (χ1) is 15.0. The Kier molecular flexibility index (Phi) is 6.81. The standard InChI is InChI=1S/C26H29FN2OS/c1-18-15-24(9-10-25(18)30-17-19(2)22-7-8-22)29-13-12-28-26(20(29)3)31-14-11-21-5-4-6-23(27)16-21/h4-6,9-10,12-13,15-16,19,22H,3,7-8,11,14,17H2,1-2H3. The number of benzene rings is 2. The molecule has 31 heavy (non-hydrogen) atoms. The van der Waals surface area contributed by atoms with E-state index in [2.05, 4.69) is 42.5 Å². The summed E-state index contributed by atoms with van der Waals surface area (Å²) in [6, 6.07) is 13.0. The summed E-state index contributed by atoms with van der Waals surface area (Å²) in [4.78, 5) is 6.56. The van der Waals surface area contributed by atoms with Gasteiger partial charge in [0.15, 0.2) is 0 Å². The fraction of sp³-hybridized carbons (Fsp3) is 0.346. The molecule has 2 aliphatic rings. The van der Waals surface area contributed by atoms with Crippen LogP contribution in [-0.2, 0) is 6.42 Å². The van der Waals surface area contributed by atoms with Gasteiger partial charge in [-0.2, -0.15) is 0 Å². The Morgan fingerprint density at radius 1 is 1.26 bits per heavy atom. The lowest BCUT2D eigenvalue weighted by molar-refractivity contribution is 0.243. The van der Waals surface area contributed by atoms with Crippen molar-refractivity contribution < 1.29 is 9.13 Å². The summed E-state index contributed by atoms with van der Waals surface area (Å²) >= 11 is 1.64. The lowest BCUT2D eigenvalue weighted by Crippen LogP contribution is -2.22. The van der Waals surface area contributed by atoms with E-state index >= 15 is 0 Å². The number of halogens is 1. The Hall–Kier alpha value is -2.53. The Morgan fingerprint density at radius 3 is 2.84 bits per heavy atom. The maximum Gasteiger partial charge on any atom is 0.123 e. The first-order valence-corrected chi connectivity index (χ1v) is 11.8. The number of thioether (sulfide) groups is 1. The number of nitrogens with zero attached hydrogens (tertiary/aromatic N) is 2. The van der Waals surface area contributed by atoms with Crippen molar-refractivity contribution in [2.75, 3.05) is 17.3 Å². The molecule has 4 rings (SSSR count). The maximum atomic E-state index is 13.4. The number of anilines is 1. The average molecular weight is 437 g/mol. The van der Waals surface area contributed by atoms with Gasteiger partial charge in [0.05, 0.1) is 12.3 Å². The zero-order chi connectivity index (χ0) is 21.8. The minimum absolute atomic E-state index is 0.194. The summed E-state index contributed by atoms with van der Waals surface area (Å²) in [6.07, 6.45) is 7.20. The highest BCUT2D eigenvalue weighted by molar-refractivity contribution is 8.14. The van der Waals surface area contributed by atoms with Crippen LogP contribution in [0.25, 0.3) is 0 Å². The van der Waals surface area contributed by atoms with E-state index in [1.54, 1.807) is 30.1 Å². The van der Waals surface area contributed by atoms with E-state index in [4.69, 9.17) is 4.74 Å². The van der Waals surface area contributed by atoms with Gasteiger partial charge in [-0.1, -0.05) is 25.6 Å². The number of hydrogen-bond acceptors (Lipinski definition) is 4. The molecular formula is C26H29FN2OS. The van der Waals surface area contributed by atoms with Crippen LogP contribution in [0.1, 0.15) is 30.9 Å². The zero-order valence-electron chi connectivity index (χ0n) is 18.2. The van der Waals surface area contributed by atoms with Crippen molar-refractivity contribution in [1.82, 2.24) is 0 Å². The summed E-state index contributed by atoms with van der Waals surface area (Å²) in [7, 11) is 0. The van der Waals surface area contributed by atoms with Crippen LogP contribution in [0, 0.1) is 24.6 Å². The molecule has 0 spiro atoms. The lowest BCUT2D eigenvalue weighted by atomic mass is 10.1. The van der Waals surface area contributed by atoms with Gasteiger partial charge in [0.2, 0.25) is 0 Å². The summed E-state index contributed by atoms with van der Waals surface area (Å²) < 4.78 is 19.4. The van der Waals surface area contributed by atoms with E-state index in [-0.39, 0.29) is 5.82 Å². The van der Waals surface area contributed by atoms with Crippen molar-refractivity contribution in [2.45, 2.75) is 33.1 Å². The van der Waals surface area contributed by atoms with Crippen LogP contribution in [0.4, 0.5) is 10.1 Å². The van der Waals surface area contributed by atoms with Gasteiger partial charge in [0.1, 0.15) is 16.6 Å². The highest BCUT2D eigenvalue weighted by atomic mass is 32.2. The highest BCUT2D eigenvalue weighted by Crippen LogP contribution is 2.37. The number of aryl methyl sites for hydroxylation is 2. The van der Waals surface area contributed by atoms with E-state index in [0.29, 0.717) is 5.92 Å². The van der Waals surface area contributed by atoms with E-state index in [1.807, 2.05) is 18.3 Å². The first-order valence-electron chi connectivity index (χ1n) is 10.8. The van der Waals surface area contributed by atoms with Gasteiger partial charge in [0, 0.05) is 23.8 Å².